The van der Waals surface area contributed by atoms with Crippen LogP contribution in [0.3, 0.4) is 0 Å². The Kier molecular flexibility index (Phi) is 4.82. The molecule has 0 atom stereocenters. The lowest BCUT2D eigenvalue weighted by atomic mass is 10.3. The van der Waals surface area contributed by atoms with E-state index in [1.165, 1.54) is 0 Å². The van der Waals surface area contributed by atoms with Gasteiger partial charge in [-0.25, -0.2) is 4.79 Å². The molecule has 1 fully saturated rings. The Morgan fingerprint density at radius 1 is 1.19 bits per heavy atom. The van der Waals surface area contributed by atoms with Crippen LogP contribution in [-0.4, -0.2) is 64.4 Å². The first-order valence-corrected chi connectivity index (χ1v) is 7.21. The molecule has 7 heteroatoms. The highest BCUT2D eigenvalue weighted by molar-refractivity contribution is 5.76. The molecule has 1 saturated heterocycles. The summed E-state index contributed by atoms with van der Waals surface area (Å²) in [7, 11) is 0. The molecule has 2 heterocycles. The van der Waals surface area contributed by atoms with Crippen LogP contribution >= 0.6 is 0 Å². The van der Waals surface area contributed by atoms with Crippen molar-refractivity contribution in [3.63, 3.8) is 0 Å². The van der Waals surface area contributed by atoms with E-state index in [-0.39, 0.29) is 18.5 Å². The second-order valence-corrected chi connectivity index (χ2v) is 5.15. The van der Waals surface area contributed by atoms with E-state index in [1.54, 1.807) is 21.4 Å². The summed E-state index contributed by atoms with van der Waals surface area (Å²) >= 11 is 0. The molecule has 0 radical (unpaired) electrons. The van der Waals surface area contributed by atoms with E-state index in [9.17, 15) is 9.59 Å². The molecule has 1 aliphatic heterocycles. The van der Waals surface area contributed by atoms with E-state index in [0.717, 1.165) is 11.4 Å². The highest BCUT2D eigenvalue weighted by Crippen LogP contribution is 2.07. The molecule has 2 amide bonds. The highest BCUT2D eigenvalue weighted by atomic mass is 16.6. The molecule has 7 nitrogen and oxygen atoms in total. The number of carbonyl (C=O) groups is 2. The van der Waals surface area contributed by atoms with Crippen LogP contribution in [0.4, 0.5) is 4.79 Å². The van der Waals surface area contributed by atoms with Crippen LogP contribution in [0.15, 0.2) is 6.07 Å². The minimum Gasteiger partial charge on any atom is -0.450 e. The van der Waals surface area contributed by atoms with Gasteiger partial charge in [-0.2, -0.15) is 5.10 Å². The Hall–Kier alpha value is -2.05. The zero-order valence-electron chi connectivity index (χ0n) is 12.8. The zero-order valence-corrected chi connectivity index (χ0v) is 12.8. The second-order valence-electron chi connectivity index (χ2n) is 5.15. The fourth-order valence-electron chi connectivity index (χ4n) is 2.42. The van der Waals surface area contributed by atoms with Gasteiger partial charge in [-0.1, -0.05) is 0 Å². The number of piperazine rings is 1. The topological polar surface area (TPSA) is 67.7 Å². The minimum absolute atomic E-state index is 0.0321. The fraction of sp³-hybridized carbons (Fsp3) is 0.643. The SMILES string of the molecule is CCOC(=O)N1CCN(C(=O)Cn2nc(C)cc2C)CC1. The predicted octanol–water partition coefficient (Wildman–Crippen LogP) is 0.801. The number of amides is 2. The first-order chi connectivity index (χ1) is 10.0. The first kappa shape index (κ1) is 15.3. The molecule has 21 heavy (non-hydrogen) atoms. The maximum Gasteiger partial charge on any atom is 0.409 e. The van der Waals surface area contributed by atoms with Crippen LogP contribution < -0.4 is 0 Å². The summed E-state index contributed by atoms with van der Waals surface area (Å²) in [5, 5.41) is 4.30. The van der Waals surface area contributed by atoms with Crippen molar-refractivity contribution in [3.8, 4) is 0 Å². The van der Waals surface area contributed by atoms with E-state index >= 15 is 0 Å². The van der Waals surface area contributed by atoms with E-state index < -0.39 is 0 Å². The van der Waals surface area contributed by atoms with Gasteiger partial charge in [0.2, 0.25) is 5.91 Å². The molecular formula is C14H22N4O3. The number of aryl methyl sites for hydroxylation is 2. The zero-order chi connectivity index (χ0) is 15.4. The number of nitrogens with zero attached hydrogens (tertiary/aromatic N) is 4. The molecule has 0 bridgehead atoms. The van der Waals surface area contributed by atoms with Crippen molar-refractivity contribution < 1.29 is 14.3 Å². The lowest BCUT2D eigenvalue weighted by molar-refractivity contribution is -0.133. The number of hydrogen-bond acceptors (Lipinski definition) is 4. The monoisotopic (exact) mass is 294 g/mol. The van der Waals surface area contributed by atoms with Crippen LogP contribution in [0, 0.1) is 13.8 Å². The molecule has 1 aliphatic rings. The summed E-state index contributed by atoms with van der Waals surface area (Å²) in [6.45, 7) is 8.36. The quantitative estimate of drug-likeness (QED) is 0.827. The van der Waals surface area contributed by atoms with Gasteiger partial charge in [0.15, 0.2) is 0 Å². The number of aromatic nitrogens is 2. The van der Waals surface area contributed by atoms with Gasteiger partial charge in [0, 0.05) is 31.9 Å². The number of hydrogen-bond donors (Lipinski definition) is 0. The summed E-state index contributed by atoms with van der Waals surface area (Å²) in [4.78, 5) is 27.3. The van der Waals surface area contributed by atoms with Crippen molar-refractivity contribution >= 4 is 12.0 Å². The Bertz CT molecular complexity index is 518. The number of carbonyl (C=O) groups excluding carboxylic acids is 2. The highest BCUT2D eigenvalue weighted by Gasteiger charge is 2.25. The van der Waals surface area contributed by atoms with Gasteiger partial charge >= 0.3 is 6.09 Å². The third-order valence-electron chi connectivity index (χ3n) is 3.55. The normalized spacial score (nSPS) is 15.2. The molecule has 0 aromatic carbocycles. The van der Waals surface area contributed by atoms with Crippen molar-refractivity contribution in [3.05, 3.63) is 17.5 Å². The van der Waals surface area contributed by atoms with Gasteiger partial charge in [-0.3, -0.25) is 9.48 Å². The van der Waals surface area contributed by atoms with Crippen molar-refractivity contribution in [2.24, 2.45) is 0 Å². The Morgan fingerprint density at radius 3 is 2.33 bits per heavy atom. The lowest BCUT2D eigenvalue weighted by Gasteiger charge is -2.34. The average Bonchev–Trinajstić information content (AvgIpc) is 2.77. The molecule has 0 spiro atoms. The third-order valence-corrected chi connectivity index (χ3v) is 3.55. The molecule has 1 aromatic rings. The van der Waals surface area contributed by atoms with Crippen LogP contribution in [0.1, 0.15) is 18.3 Å². The van der Waals surface area contributed by atoms with Crippen LogP contribution in [-0.2, 0) is 16.1 Å². The number of ether oxygens (including phenoxy) is 1. The third kappa shape index (κ3) is 3.74. The maximum absolute atomic E-state index is 12.3. The van der Waals surface area contributed by atoms with Crippen molar-refractivity contribution in [1.82, 2.24) is 19.6 Å². The van der Waals surface area contributed by atoms with E-state index in [4.69, 9.17) is 4.74 Å². The molecular weight excluding hydrogens is 272 g/mol. The molecule has 0 unspecified atom stereocenters. The fourth-order valence-corrected chi connectivity index (χ4v) is 2.42. The van der Waals surface area contributed by atoms with Gasteiger partial charge in [0.1, 0.15) is 6.54 Å². The minimum atomic E-state index is -0.303. The van der Waals surface area contributed by atoms with Gasteiger partial charge in [0.05, 0.1) is 12.3 Å². The van der Waals surface area contributed by atoms with Crippen LogP contribution in [0.25, 0.3) is 0 Å². The molecule has 2 rings (SSSR count). The van der Waals surface area contributed by atoms with Crippen molar-refractivity contribution in [2.45, 2.75) is 27.3 Å². The van der Waals surface area contributed by atoms with Crippen LogP contribution in [0.5, 0.6) is 0 Å². The lowest BCUT2D eigenvalue weighted by Crippen LogP contribution is -2.51. The summed E-state index contributed by atoms with van der Waals surface area (Å²) in [5.74, 6) is 0.0321. The summed E-state index contributed by atoms with van der Waals surface area (Å²) in [6, 6.07) is 1.95. The summed E-state index contributed by atoms with van der Waals surface area (Å²) < 4.78 is 6.68. The maximum atomic E-state index is 12.3. The van der Waals surface area contributed by atoms with Crippen LogP contribution in [0.2, 0.25) is 0 Å². The summed E-state index contributed by atoms with van der Waals surface area (Å²) in [5.41, 5.74) is 1.89. The Labute approximate surface area is 124 Å². The Morgan fingerprint density at radius 2 is 1.81 bits per heavy atom. The van der Waals surface area contributed by atoms with Gasteiger partial charge in [-0.15, -0.1) is 0 Å². The molecule has 0 N–H and O–H groups in total. The van der Waals surface area contributed by atoms with E-state index in [1.807, 2.05) is 19.9 Å². The van der Waals surface area contributed by atoms with Gasteiger partial charge in [-0.05, 0) is 26.8 Å². The van der Waals surface area contributed by atoms with E-state index in [2.05, 4.69) is 5.10 Å². The second kappa shape index (κ2) is 6.60. The summed E-state index contributed by atoms with van der Waals surface area (Å²) in [6.07, 6.45) is -0.303. The molecule has 0 aliphatic carbocycles. The Balaban J connectivity index is 1.86. The molecule has 0 saturated carbocycles. The van der Waals surface area contributed by atoms with E-state index in [0.29, 0.717) is 32.8 Å². The smallest absolute Gasteiger partial charge is 0.409 e. The van der Waals surface area contributed by atoms with Crippen molar-refractivity contribution in [1.29, 1.82) is 0 Å². The predicted molar refractivity (Wildman–Crippen MR) is 76.9 cm³/mol. The van der Waals surface area contributed by atoms with Gasteiger partial charge < -0.3 is 14.5 Å². The molecule has 1 aromatic heterocycles. The van der Waals surface area contributed by atoms with Gasteiger partial charge in [0.25, 0.3) is 0 Å². The standard InChI is InChI=1S/C14H22N4O3/c1-4-21-14(20)17-7-5-16(6-8-17)13(19)10-18-12(3)9-11(2)15-18/h9H,4-8,10H2,1-3H3. The van der Waals surface area contributed by atoms with Crippen molar-refractivity contribution in [2.75, 3.05) is 32.8 Å². The molecule has 116 valence electrons. The first-order valence-electron chi connectivity index (χ1n) is 7.21. The largest absolute Gasteiger partial charge is 0.450 e. The average molecular weight is 294 g/mol. The number of rotatable bonds is 3.